The lowest BCUT2D eigenvalue weighted by molar-refractivity contribution is -0.141. The van der Waals surface area contributed by atoms with E-state index in [4.69, 9.17) is 5.11 Å². The number of carbonyl (C=O) groups is 1. The van der Waals surface area contributed by atoms with Crippen LogP contribution in [0.4, 0.5) is 0 Å². The molecule has 0 amide bonds. The van der Waals surface area contributed by atoms with Crippen molar-refractivity contribution in [2.24, 2.45) is 5.92 Å². The first-order chi connectivity index (χ1) is 7.02. The van der Waals surface area contributed by atoms with E-state index in [1.54, 1.807) is 0 Å². The zero-order chi connectivity index (χ0) is 11.1. The molecule has 0 aliphatic carbocycles. The summed E-state index contributed by atoms with van der Waals surface area (Å²) in [6, 6.07) is 3.08. The minimum Gasteiger partial charge on any atom is -0.481 e. The summed E-state index contributed by atoms with van der Waals surface area (Å²) in [5, 5.41) is 7.91. The van der Waals surface area contributed by atoms with Crippen molar-refractivity contribution in [3.05, 3.63) is 30.1 Å². The lowest BCUT2D eigenvalue weighted by atomic mass is 10.0. The average molecular weight is 227 g/mol. The molecule has 80 valence electrons. The van der Waals surface area contributed by atoms with Crippen LogP contribution in [-0.2, 0) is 14.6 Å². The minimum absolute atomic E-state index is 0.269. The second-order valence-electron chi connectivity index (χ2n) is 3.48. The maximum atomic E-state index is 11.4. The number of sulfone groups is 1. The molecular weight excluding hydrogens is 218 g/mol. The Morgan fingerprint density at radius 2 is 2.00 bits per heavy atom. The fraction of sp³-hybridized carbons (Fsp3) is 0.333. The third-order valence-corrected chi connectivity index (χ3v) is 4.71. The van der Waals surface area contributed by atoms with Gasteiger partial charge in [-0.05, 0) is 17.7 Å². The normalized spacial score (nSPS) is 28.0. The molecule has 1 aliphatic rings. The second kappa shape index (κ2) is 3.30. The molecule has 2 rings (SSSR count). The fourth-order valence-corrected chi connectivity index (χ4v) is 3.73. The Bertz CT molecular complexity index is 482. The number of pyridine rings is 1. The number of rotatable bonds is 2. The number of hydrogen-bond donors (Lipinski definition) is 1. The van der Waals surface area contributed by atoms with Crippen LogP contribution < -0.4 is 0 Å². The van der Waals surface area contributed by atoms with Crippen LogP contribution in [0, 0.1) is 5.92 Å². The van der Waals surface area contributed by atoms with Gasteiger partial charge in [0.05, 0.1) is 11.7 Å². The first kappa shape index (κ1) is 10.1. The molecule has 2 heterocycles. The van der Waals surface area contributed by atoms with Crippen molar-refractivity contribution in [1.82, 2.24) is 4.98 Å². The maximum absolute atomic E-state index is 11.4. The largest absolute Gasteiger partial charge is 0.481 e. The monoisotopic (exact) mass is 227 g/mol. The Balaban J connectivity index is 2.38. The molecule has 0 bridgehead atoms. The van der Waals surface area contributed by atoms with Gasteiger partial charge in [-0.3, -0.25) is 9.78 Å². The van der Waals surface area contributed by atoms with Gasteiger partial charge in [0.25, 0.3) is 0 Å². The van der Waals surface area contributed by atoms with E-state index >= 15 is 0 Å². The number of aliphatic carboxylic acids is 1. The first-order valence-corrected chi connectivity index (χ1v) is 6.08. The Kier molecular flexibility index (Phi) is 2.22. The molecule has 6 heteroatoms. The van der Waals surface area contributed by atoms with Crippen LogP contribution in [0.25, 0.3) is 0 Å². The molecule has 0 radical (unpaired) electrons. The van der Waals surface area contributed by atoms with E-state index in [-0.39, 0.29) is 5.75 Å². The summed E-state index contributed by atoms with van der Waals surface area (Å²) in [5.74, 6) is -2.15. The zero-order valence-electron chi connectivity index (χ0n) is 7.70. The lowest BCUT2D eigenvalue weighted by Crippen LogP contribution is -2.44. The summed E-state index contributed by atoms with van der Waals surface area (Å²) < 4.78 is 22.9. The summed E-state index contributed by atoms with van der Waals surface area (Å²) in [6.07, 6.45) is 2.92. The highest BCUT2D eigenvalue weighted by molar-refractivity contribution is 7.93. The number of hydrogen-bond acceptors (Lipinski definition) is 4. The molecule has 2 atom stereocenters. The molecule has 1 N–H and O–H groups in total. The van der Waals surface area contributed by atoms with E-state index in [9.17, 15) is 13.2 Å². The maximum Gasteiger partial charge on any atom is 0.309 e. The number of nitrogens with zero attached hydrogens (tertiary/aromatic N) is 1. The molecule has 1 aromatic rings. The van der Waals surface area contributed by atoms with Crippen LogP contribution in [0.2, 0.25) is 0 Å². The van der Waals surface area contributed by atoms with Crippen LogP contribution >= 0.6 is 0 Å². The van der Waals surface area contributed by atoms with E-state index in [1.807, 2.05) is 0 Å². The fourth-order valence-electron chi connectivity index (χ4n) is 1.76. The molecule has 1 fully saturated rings. The van der Waals surface area contributed by atoms with Crippen LogP contribution in [0.15, 0.2) is 24.5 Å². The van der Waals surface area contributed by atoms with Gasteiger partial charge in [-0.15, -0.1) is 0 Å². The van der Waals surface area contributed by atoms with Crippen molar-refractivity contribution in [2.75, 3.05) is 5.75 Å². The quantitative estimate of drug-likeness (QED) is 0.783. The van der Waals surface area contributed by atoms with Crippen LogP contribution in [0.3, 0.4) is 0 Å². The Morgan fingerprint density at radius 1 is 1.40 bits per heavy atom. The third kappa shape index (κ3) is 1.61. The minimum atomic E-state index is -3.28. The third-order valence-electron chi connectivity index (χ3n) is 2.52. The van der Waals surface area contributed by atoms with Crippen molar-refractivity contribution in [1.29, 1.82) is 0 Å². The van der Waals surface area contributed by atoms with Gasteiger partial charge < -0.3 is 5.11 Å². The van der Waals surface area contributed by atoms with Crippen LogP contribution in [0.5, 0.6) is 0 Å². The lowest BCUT2D eigenvalue weighted by Gasteiger charge is -2.33. The van der Waals surface area contributed by atoms with Gasteiger partial charge in [-0.25, -0.2) is 8.42 Å². The number of carboxylic acids is 1. The highest BCUT2D eigenvalue weighted by Crippen LogP contribution is 2.41. The number of carboxylic acid groups (broad SMARTS) is 1. The zero-order valence-corrected chi connectivity index (χ0v) is 8.52. The molecular formula is C9H9NO4S. The molecule has 1 aliphatic heterocycles. The predicted molar refractivity (Wildman–Crippen MR) is 51.9 cm³/mol. The van der Waals surface area contributed by atoms with Crippen molar-refractivity contribution < 1.29 is 18.3 Å². The second-order valence-corrected chi connectivity index (χ2v) is 5.64. The van der Waals surface area contributed by atoms with Crippen molar-refractivity contribution in [3.63, 3.8) is 0 Å². The van der Waals surface area contributed by atoms with Gasteiger partial charge >= 0.3 is 5.97 Å². The van der Waals surface area contributed by atoms with Gasteiger partial charge in [0, 0.05) is 12.4 Å². The van der Waals surface area contributed by atoms with E-state index in [2.05, 4.69) is 4.98 Å². The molecule has 0 spiro atoms. The van der Waals surface area contributed by atoms with E-state index in [1.165, 1.54) is 24.5 Å². The van der Waals surface area contributed by atoms with Crippen molar-refractivity contribution >= 4 is 15.8 Å². The first-order valence-electron chi connectivity index (χ1n) is 4.36. The summed E-state index contributed by atoms with van der Waals surface area (Å²) in [5.41, 5.74) is 0.503. The van der Waals surface area contributed by atoms with Gasteiger partial charge in [0.2, 0.25) is 0 Å². The summed E-state index contributed by atoms with van der Waals surface area (Å²) in [6.45, 7) is 0. The van der Waals surface area contributed by atoms with Crippen molar-refractivity contribution in [3.8, 4) is 0 Å². The van der Waals surface area contributed by atoms with E-state index < -0.39 is 27.0 Å². The van der Waals surface area contributed by atoms with Gasteiger partial charge in [0.1, 0.15) is 5.25 Å². The van der Waals surface area contributed by atoms with Crippen molar-refractivity contribution in [2.45, 2.75) is 5.25 Å². The van der Waals surface area contributed by atoms with E-state index in [0.717, 1.165) is 0 Å². The Hall–Kier alpha value is -1.43. The molecule has 15 heavy (non-hydrogen) atoms. The highest BCUT2D eigenvalue weighted by atomic mass is 32.2. The van der Waals surface area contributed by atoms with Crippen LogP contribution in [0.1, 0.15) is 10.8 Å². The molecule has 1 aromatic heterocycles. The number of aromatic nitrogens is 1. The summed E-state index contributed by atoms with van der Waals surface area (Å²) >= 11 is 0. The molecule has 0 saturated carbocycles. The van der Waals surface area contributed by atoms with E-state index in [0.29, 0.717) is 5.56 Å². The van der Waals surface area contributed by atoms with Gasteiger partial charge in [-0.2, -0.15) is 0 Å². The standard InChI is InChI=1S/C9H9NO4S/c11-9(12)7-5-15(13,14)8(7)6-1-3-10-4-2-6/h1-4,7-8H,5H2,(H,11,12). The topological polar surface area (TPSA) is 84.3 Å². The summed E-state index contributed by atoms with van der Waals surface area (Å²) in [4.78, 5) is 14.5. The summed E-state index contributed by atoms with van der Waals surface area (Å²) in [7, 11) is -3.28. The SMILES string of the molecule is O=C(O)C1CS(=O)(=O)C1c1ccncc1. The highest BCUT2D eigenvalue weighted by Gasteiger charge is 2.50. The average Bonchev–Trinajstić information content (AvgIpc) is 2.16. The smallest absolute Gasteiger partial charge is 0.309 e. The van der Waals surface area contributed by atoms with Gasteiger partial charge in [-0.1, -0.05) is 0 Å². The van der Waals surface area contributed by atoms with Gasteiger partial charge in [0.15, 0.2) is 9.84 Å². The molecule has 1 saturated heterocycles. The van der Waals surface area contributed by atoms with Crippen LogP contribution in [-0.4, -0.2) is 30.2 Å². The molecule has 2 unspecified atom stereocenters. The molecule has 5 nitrogen and oxygen atoms in total. The predicted octanol–water partition coefficient (Wildman–Crippen LogP) is 0.252. The molecule has 0 aromatic carbocycles. The Morgan fingerprint density at radius 3 is 2.47 bits per heavy atom. The Labute approximate surface area is 86.7 Å².